The van der Waals surface area contributed by atoms with Crippen LogP contribution in [0.2, 0.25) is 0 Å². The molecule has 4 nitrogen and oxygen atoms in total. The van der Waals surface area contributed by atoms with Crippen LogP contribution >= 0.6 is 35.5 Å². The third-order valence-corrected chi connectivity index (χ3v) is 7.11. The van der Waals surface area contributed by atoms with Gasteiger partial charge in [-0.05, 0) is 56.8 Å². The van der Waals surface area contributed by atoms with E-state index in [9.17, 15) is 4.79 Å². The molecule has 7 heteroatoms. The van der Waals surface area contributed by atoms with Crippen LogP contribution in [0.25, 0.3) is 10.2 Å². The van der Waals surface area contributed by atoms with Gasteiger partial charge in [0.25, 0.3) is 0 Å². The first kappa shape index (κ1) is 25.7. The molecule has 1 aromatic heterocycles. The summed E-state index contributed by atoms with van der Waals surface area (Å²) in [5, 5.41) is 1.34. The molecule has 3 rings (SSSR count). The minimum Gasteiger partial charge on any atom is -0.308 e. The van der Waals surface area contributed by atoms with Crippen LogP contribution < -0.4 is 4.90 Å². The van der Waals surface area contributed by atoms with E-state index in [0.29, 0.717) is 18.2 Å². The van der Waals surface area contributed by atoms with Crippen LogP contribution in [0.3, 0.4) is 0 Å². The standard InChI is InChI=1S/C24H31N3OS2.ClH/c1-16(2)29-20-11-9-19(10-12-20)15-21(28)27(14-13-26(5)6)24-25-22-17(3)7-8-18(4)23(22)30-24;/h7-12,16H,13-15H2,1-6H3;1H. The number of anilines is 1. The average molecular weight is 478 g/mol. The summed E-state index contributed by atoms with van der Waals surface area (Å²) < 4.78 is 1.17. The molecule has 0 N–H and O–H groups in total. The van der Waals surface area contributed by atoms with E-state index in [0.717, 1.165) is 28.3 Å². The van der Waals surface area contributed by atoms with E-state index < -0.39 is 0 Å². The molecule has 1 heterocycles. The van der Waals surface area contributed by atoms with Crippen molar-refractivity contribution >= 4 is 56.8 Å². The summed E-state index contributed by atoms with van der Waals surface area (Å²) in [5.74, 6) is 0.0930. The maximum absolute atomic E-state index is 13.3. The minimum atomic E-state index is 0. The van der Waals surface area contributed by atoms with E-state index in [4.69, 9.17) is 4.98 Å². The van der Waals surface area contributed by atoms with Gasteiger partial charge in [-0.1, -0.05) is 49.4 Å². The molecular weight excluding hydrogens is 446 g/mol. The molecule has 0 aliphatic heterocycles. The van der Waals surface area contributed by atoms with Crippen molar-refractivity contribution in [2.45, 2.75) is 44.3 Å². The number of rotatable bonds is 8. The number of amides is 1. The van der Waals surface area contributed by atoms with E-state index in [2.05, 4.69) is 69.0 Å². The third kappa shape index (κ3) is 6.69. The molecule has 0 saturated carbocycles. The summed E-state index contributed by atoms with van der Waals surface area (Å²) in [6.45, 7) is 9.98. The number of nitrogens with zero attached hydrogens (tertiary/aromatic N) is 3. The number of thioether (sulfide) groups is 1. The first-order valence-electron chi connectivity index (χ1n) is 10.3. The van der Waals surface area contributed by atoms with Crippen molar-refractivity contribution < 1.29 is 4.79 Å². The van der Waals surface area contributed by atoms with Crippen LogP contribution in [0.15, 0.2) is 41.3 Å². The van der Waals surface area contributed by atoms with Gasteiger partial charge < -0.3 is 4.90 Å². The number of hydrogen-bond donors (Lipinski definition) is 0. The molecule has 1 amide bonds. The minimum absolute atomic E-state index is 0. The molecule has 0 aliphatic rings. The zero-order valence-electron chi connectivity index (χ0n) is 19.1. The highest BCUT2D eigenvalue weighted by atomic mass is 35.5. The number of aromatic nitrogens is 1. The van der Waals surface area contributed by atoms with Crippen molar-refractivity contribution in [2.75, 3.05) is 32.1 Å². The fraction of sp³-hybridized carbons (Fsp3) is 0.417. The van der Waals surface area contributed by atoms with Gasteiger partial charge in [0, 0.05) is 23.2 Å². The van der Waals surface area contributed by atoms with Gasteiger partial charge in [0.1, 0.15) is 0 Å². The van der Waals surface area contributed by atoms with E-state index >= 15 is 0 Å². The maximum Gasteiger partial charge on any atom is 0.233 e. The Balaban J connectivity index is 0.00000341. The number of carbonyl (C=O) groups is 1. The van der Waals surface area contributed by atoms with Gasteiger partial charge >= 0.3 is 0 Å². The number of carbonyl (C=O) groups excluding carboxylic acids is 1. The van der Waals surface area contributed by atoms with E-state index in [1.54, 1.807) is 11.3 Å². The number of benzene rings is 2. The lowest BCUT2D eigenvalue weighted by Gasteiger charge is -2.22. The first-order valence-corrected chi connectivity index (χ1v) is 12.0. The van der Waals surface area contributed by atoms with Crippen LogP contribution in [-0.4, -0.2) is 48.2 Å². The number of fused-ring (bicyclic) bond motifs is 1. The van der Waals surface area contributed by atoms with E-state index in [1.165, 1.54) is 15.2 Å². The zero-order valence-corrected chi connectivity index (χ0v) is 21.6. The highest BCUT2D eigenvalue weighted by Crippen LogP contribution is 2.33. The number of halogens is 1. The van der Waals surface area contributed by atoms with Gasteiger partial charge in [-0.15, -0.1) is 24.2 Å². The Morgan fingerprint density at radius 1 is 1.03 bits per heavy atom. The average Bonchev–Trinajstić information content (AvgIpc) is 3.12. The molecule has 0 atom stereocenters. The topological polar surface area (TPSA) is 36.4 Å². The quantitative estimate of drug-likeness (QED) is 0.374. The van der Waals surface area contributed by atoms with Crippen molar-refractivity contribution in [2.24, 2.45) is 0 Å². The SMILES string of the molecule is Cc1ccc(C)c2sc(N(CCN(C)C)C(=O)Cc3ccc(SC(C)C)cc3)nc12.Cl. The van der Waals surface area contributed by atoms with E-state index in [1.807, 2.05) is 30.8 Å². The lowest BCUT2D eigenvalue weighted by atomic mass is 10.1. The Bertz CT molecular complexity index is 977. The Kier molecular flexibility index (Phi) is 9.37. The Labute approximate surface area is 200 Å². The number of likely N-dealkylation sites (N-methyl/N-ethyl adjacent to an activating group) is 1. The molecule has 0 unspecified atom stereocenters. The van der Waals surface area contributed by atoms with E-state index in [-0.39, 0.29) is 18.3 Å². The van der Waals surface area contributed by atoms with Gasteiger partial charge in [-0.2, -0.15) is 0 Å². The molecular formula is C24H32ClN3OS2. The second kappa shape index (κ2) is 11.3. The summed E-state index contributed by atoms with van der Waals surface area (Å²) in [4.78, 5) is 23.4. The molecule has 0 saturated heterocycles. The van der Waals surface area contributed by atoms with Gasteiger partial charge in [-0.3, -0.25) is 9.69 Å². The highest BCUT2D eigenvalue weighted by Gasteiger charge is 2.21. The van der Waals surface area contributed by atoms with Gasteiger partial charge in [0.05, 0.1) is 16.6 Å². The largest absolute Gasteiger partial charge is 0.308 e. The smallest absolute Gasteiger partial charge is 0.233 e. The number of aryl methyl sites for hydroxylation is 2. The molecule has 0 bridgehead atoms. The summed E-state index contributed by atoms with van der Waals surface area (Å²) in [6.07, 6.45) is 0.383. The summed E-state index contributed by atoms with van der Waals surface area (Å²) in [5.41, 5.74) is 4.40. The second-order valence-corrected chi connectivity index (χ2v) is 10.8. The van der Waals surface area contributed by atoms with Crippen molar-refractivity contribution in [1.29, 1.82) is 0 Å². The molecule has 0 aliphatic carbocycles. The Hall–Kier alpha value is -1.60. The molecule has 168 valence electrons. The number of hydrogen-bond acceptors (Lipinski definition) is 5. The van der Waals surface area contributed by atoms with Crippen molar-refractivity contribution in [1.82, 2.24) is 9.88 Å². The maximum atomic E-state index is 13.3. The summed E-state index contributed by atoms with van der Waals surface area (Å²) in [6, 6.07) is 12.6. The van der Waals surface area contributed by atoms with Crippen LogP contribution in [0, 0.1) is 13.8 Å². The molecule has 0 spiro atoms. The predicted octanol–water partition coefficient (Wildman–Crippen LogP) is 5.97. The lowest BCUT2D eigenvalue weighted by Crippen LogP contribution is -2.37. The predicted molar refractivity (Wildman–Crippen MR) is 138 cm³/mol. The van der Waals surface area contributed by atoms with Crippen LogP contribution in [0.4, 0.5) is 5.13 Å². The van der Waals surface area contributed by atoms with Crippen molar-refractivity contribution in [3.05, 3.63) is 53.1 Å². The lowest BCUT2D eigenvalue weighted by molar-refractivity contribution is -0.118. The van der Waals surface area contributed by atoms with Crippen LogP contribution in [0.5, 0.6) is 0 Å². The zero-order chi connectivity index (χ0) is 21.8. The molecule has 2 aromatic carbocycles. The fourth-order valence-electron chi connectivity index (χ4n) is 3.22. The summed E-state index contributed by atoms with van der Waals surface area (Å²) >= 11 is 3.45. The molecule has 0 radical (unpaired) electrons. The third-order valence-electron chi connectivity index (χ3n) is 4.88. The summed E-state index contributed by atoms with van der Waals surface area (Å²) in [7, 11) is 4.06. The Morgan fingerprint density at radius 2 is 1.68 bits per heavy atom. The Morgan fingerprint density at radius 3 is 2.26 bits per heavy atom. The molecule has 31 heavy (non-hydrogen) atoms. The normalized spacial score (nSPS) is 11.2. The molecule has 3 aromatic rings. The van der Waals surface area contributed by atoms with Gasteiger partial charge in [0.15, 0.2) is 5.13 Å². The monoisotopic (exact) mass is 477 g/mol. The first-order chi connectivity index (χ1) is 14.2. The molecule has 0 fully saturated rings. The highest BCUT2D eigenvalue weighted by molar-refractivity contribution is 7.99. The van der Waals surface area contributed by atoms with Crippen molar-refractivity contribution in [3.8, 4) is 0 Å². The van der Waals surface area contributed by atoms with Gasteiger partial charge in [0.2, 0.25) is 5.91 Å². The van der Waals surface area contributed by atoms with Gasteiger partial charge in [-0.25, -0.2) is 4.98 Å². The second-order valence-electron chi connectivity index (χ2n) is 8.21. The van der Waals surface area contributed by atoms with Crippen LogP contribution in [-0.2, 0) is 11.2 Å². The van der Waals surface area contributed by atoms with Crippen molar-refractivity contribution in [3.63, 3.8) is 0 Å². The number of thiazole rings is 1. The van der Waals surface area contributed by atoms with Crippen LogP contribution in [0.1, 0.15) is 30.5 Å². The fourth-order valence-corrected chi connectivity index (χ4v) is 5.21.